The van der Waals surface area contributed by atoms with Crippen LogP contribution in [0.25, 0.3) is 43.8 Å². The van der Waals surface area contributed by atoms with Crippen molar-refractivity contribution in [3.63, 3.8) is 0 Å². The maximum atomic E-state index is 5.91. The molecule has 2 radical (unpaired) electrons. The van der Waals surface area contributed by atoms with Crippen molar-refractivity contribution < 1.29 is 25.6 Å². The Bertz CT molecular complexity index is 2040. The summed E-state index contributed by atoms with van der Waals surface area (Å²) < 4.78 is 5.91. The van der Waals surface area contributed by atoms with Crippen molar-refractivity contribution in [3.05, 3.63) is 125 Å². The minimum atomic E-state index is -0.826. The van der Waals surface area contributed by atoms with E-state index in [2.05, 4.69) is 193 Å². The predicted octanol–water partition coefficient (Wildman–Crippen LogP) is 15.9. The first-order chi connectivity index (χ1) is 25.2. The fourth-order valence-electron chi connectivity index (χ4n) is 6.75. The van der Waals surface area contributed by atoms with Gasteiger partial charge >= 0.3 is 37.9 Å². The quantitative estimate of drug-likeness (QED) is 0.127. The summed E-state index contributed by atoms with van der Waals surface area (Å²) in [6, 6.07) is 36.2. The fourth-order valence-corrected chi connectivity index (χ4v) is 6.75. The molecule has 0 saturated carbocycles. The number of fused-ring (bicyclic) bond motifs is 2. The van der Waals surface area contributed by atoms with Crippen LogP contribution in [0.3, 0.4) is 0 Å². The van der Waals surface area contributed by atoms with Gasteiger partial charge in [0.1, 0.15) is 5.75 Å². The number of benzene rings is 4. The molecule has 0 heterocycles. The third-order valence-electron chi connectivity index (χ3n) is 9.62. The zero-order chi connectivity index (χ0) is 40.6. The molecule has 0 saturated heterocycles. The molecule has 0 unspecified atom stereocenters. The third-order valence-corrected chi connectivity index (χ3v) is 9.62. The van der Waals surface area contributed by atoms with E-state index in [4.69, 9.17) is 21.8 Å². The molecule has 0 amide bonds. The Morgan fingerprint density at radius 1 is 0.630 bits per heavy atom. The molecule has 0 aliphatic heterocycles. The average Bonchev–Trinajstić information content (AvgIpc) is 3.71. The number of aryl methyl sites for hydroxylation is 1. The first-order valence-electron chi connectivity index (χ1n) is 19.0. The van der Waals surface area contributed by atoms with E-state index in [0.717, 1.165) is 15.3 Å². The normalized spacial score (nSPS) is 11.6. The van der Waals surface area contributed by atoms with Crippen LogP contribution in [0.2, 0.25) is 13.1 Å². The number of halogens is 2. The molecule has 54 heavy (non-hydrogen) atoms. The molecule has 0 aliphatic rings. The number of hydrogen-bond donors (Lipinski definition) is 0. The van der Waals surface area contributed by atoms with E-state index >= 15 is 0 Å². The van der Waals surface area contributed by atoms with E-state index in [0.29, 0.717) is 5.92 Å². The Hall–Kier alpha value is -2.42. The van der Waals surface area contributed by atoms with Gasteiger partial charge in [0, 0.05) is 20.6 Å². The van der Waals surface area contributed by atoms with E-state index in [1.807, 2.05) is 0 Å². The van der Waals surface area contributed by atoms with E-state index in [-0.39, 0.29) is 16.2 Å². The van der Waals surface area contributed by atoms with Crippen molar-refractivity contribution in [2.75, 3.05) is 7.11 Å². The second-order valence-corrected chi connectivity index (χ2v) is 22.3. The van der Waals surface area contributed by atoms with Crippen LogP contribution in [0.5, 0.6) is 5.75 Å². The van der Waals surface area contributed by atoms with Gasteiger partial charge in [0.2, 0.25) is 0 Å². The maximum absolute atomic E-state index is 5.91. The van der Waals surface area contributed by atoms with Gasteiger partial charge in [0.05, 0.1) is 7.11 Å². The first kappa shape index (κ1) is 46.0. The van der Waals surface area contributed by atoms with Crippen LogP contribution in [0.4, 0.5) is 0 Å². The van der Waals surface area contributed by atoms with Gasteiger partial charge in [0.15, 0.2) is 0 Å². The van der Waals surface area contributed by atoms with Crippen LogP contribution in [0, 0.1) is 6.92 Å². The topological polar surface area (TPSA) is 9.23 Å². The second kappa shape index (κ2) is 19.6. The average molecular weight is 857 g/mol. The van der Waals surface area contributed by atoms with E-state index in [1.165, 1.54) is 71.6 Å². The summed E-state index contributed by atoms with van der Waals surface area (Å²) in [6.07, 6.45) is 0. The Kier molecular flexibility index (Phi) is 16.7. The summed E-state index contributed by atoms with van der Waals surface area (Å²) in [5.41, 5.74) is 12.1. The zero-order valence-corrected chi connectivity index (χ0v) is 40.4. The molecule has 6 aromatic rings. The molecular formula is C49H62Cl2OSiZr. The van der Waals surface area contributed by atoms with Gasteiger partial charge in [-0.3, -0.25) is 0 Å². The summed E-state index contributed by atoms with van der Waals surface area (Å²) in [5, 5.41) is 5.36. The SMILES string of the molecule is CC(C)c1cc2c(-c3ccc(C(C)(C)C)cc3)cccc2[cH-]1.COc1c(C(C)(C)C)cc(-c2cccc3[cH-]c(C)cc23)cc1C(C)(C)C.C[Si]C.[Cl][Zr+2][Cl]. The molecule has 0 bridgehead atoms. The number of methoxy groups -OCH3 is 1. The molecule has 0 fully saturated rings. The Morgan fingerprint density at radius 3 is 1.50 bits per heavy atom. The van der Waals surface area contributed by atoms with Gasteiger partial charge in [-0.2, -0.15) is 12.1 Å². The van der Waals surface area contributed by atoms with E-state index in [1.54, 1.807) is 7.11 Å². The van der Waals surface area contributed by atoms with E-state index < -0.39 is 20.8 Å². The van der Waals surface area contributed by atoms with Crippen molar-refractivity contribution in [2.24, 2.45) is 0 Å². The summed E-state index contributed by atoms with van der Waals surface area (Å²) in [6.45, 7) is 31.3. The Balaban J connectivity index is 0.000000256. The minimum absolute atomic E-state index is 0.0111. The Morgan fingerprint density at radius 2 is 1.07 bits per heavy atom. The molecule has 6 aromatic carbocycles. The molecule has 0 N–H and O–H groups in total. The van der Waals surface area contributed by atoms with Crippen molar-refractivity contribution in [3.8, 4) is 28.0 Å². The van der Waals surface area contributed by atoms with E-state index in [9.17, 15) is 0 Å². The van der Waals surface area contributed by atoms with Crippen LogP contribution < -0.4 is 4.74 Å². The van der Waals surface area contributed by atoms with Gasteiger partial charge in [-0.25, -0.2) is 0 Å². The molecule has 0 spiro atoms. The molecule has 0 atom stereocenters. The standard InChI is InChI=1S/C25H31O.C22H25.C2H6Si.2ClH.Zr/c1-16-12-17-10-9-11-19(20(17)13-16)18-14-21(24(2,3)4)23(26-8)22(15-18)25(5,6)7;1-15(2)18-13-17-7-6-8-20(21(17)14-18)16-9-11-19(12-10-16)22(3,4)5;1-3-2;;;/h9-15H,1-8H3;6-15H,1-5H3;1-2H3;2*1H;/q2*-1;;;;+4/p-2. The molecule has 1 nitrogen and oxygen atoms in total. The number of rotatable bonds is 4. The summed E-state index contributed by atoms with van der Waals surface area (Å²) in [4.78, 5) is 0. The molecule has 286 valence electrons. The van der Waals surface area contributed by atoms with Gasteiger partial charge < -0.3 is 4.74 Å². The number of ether oxygens (including phenoxy) is 1. The van der Waals surface area contributed by atoms with Crippen molar-refractivity contribution >= 4 is 48.1 Å². The van der Waals surface area contributed by atoms with Crippen molar-refractivity contribution in [1.29, 1.82) is 0 Å². The molecule has 5 heteroatoms. The monoisotopic (exact) mass is 854 g/mol. The van der Waals surface area contributed by atoms with Crippen LogP contribution >= 0.6 is 17.0 Å². The van der Waals surface area contributed by atoms with Crippen molar-refractivity contribution in [2.45, 2.75) is 118 Å². The second-order valence-electron chi connectivity index (χ2n) is 17.6. The van der Waals surface area contributed by atoms with Crippen LogP contribution in [-0.4, -0.2) is 16.6 Å². The fraction of sp³-hybridized carbons (Fsp3) is 0.388. The zero-order valence-electron chi connectivity index (χ0n) is 35.5. The van der Waals surface area contributed by atoms with Gasteiger partial charge in [-0.1, -0.05) is 144 Å². The summed E-state index contributed by atoms with van der Waals surface area (Å²) >= 11 is -0.826. The summed E-state index contributed by atoms with van der Waals surface area (Å²) in [5.74, 6) is 1.60. The van der Waals surface area contributed by atoms with Gasteiger partial charge in [-0.05, 0) is 51.0 Å². The van der Waals surface area contributed by atoms with Gasteiger partial charge in [-0.15, -0.1) is 69.1 Å². The summed E-state index contributed by atoms with van der Waals surface area (Å²) in [7, 11) is 12.7. The van der Waals surface area contributed by atoms with Crippen LogP contribution in [-0.2, 0) is 37.1 Å². The predicted molar refractivity (Wildman–Crippen MR) is 241 cm³/mol. The van der Waals surface area contributed by atoms with Gasteiger partial charge in [0.25, 0.3) is 0 Å². The molecular weight excluding hydrogens is 795 g/mol. The Labute approximate surface area is 349 Å². The van der Waals surface area contributed by atoms with Crippen LogP contribution in [0.1, 0.15) is 110 Å². The molecule has 0 aliphatic carbocycles. The molecule has 0 aromatic heterocycles. The molecule has 6 rings (SSSR count). The van der Waals surface area contributed by atoms with Crippen LogP contribution in [0.15, 0.2) is 97.1 Å². The first-order valence-corrected chi connectivity index (χ1v) is 27.3. The number of hydrogen-bond acceptors (Lipinski definition) is 1. The third kappa shape index (κ3) is 11.8. The van der Waals surface area contributed by atoms with Crippen molar-refractivity contribution in [1.82, 2.24) is 0 Å².